The molecule has 1 heterocycles. The molecule has 0 atom stereocenters. The second kappa shape index (κ2) is 9.55. The Morgan fingerprint density at radius 3 is 2.40 bits per heavy atom. The number of sulfonamides is 1. The number of carbonyl (C=O) groups is 2. The minimum atomic E-state index is -3.74. The maximum atomic E-state index is 13.2. The summed E-state index contributed by atoms with van der Waals surface area (Å²) in [5.41, 5.74) is 0.512. The van der Waals surface area contributed by atoms with Gasteiger partial charge in [0.25, 0.3) is 0 Å². The predicted octanol–water partition coefficient (Wildman–Crippen LogP) is 1.67. The van der Waals surface area contributed by atoms with Gasteiger partial charge in [0, 0.05) is 26.2 Å². The molecule has 0 aromatic heterocycles. The molecule has 0 bridgehead atoms. The molecule has 10 heteroatoms. The van der Waals surface area contributed by atoms with Crippen molar-refractivity contribution >= 4 is 33.4 Å². The highest BCUT2D eigenvalue weighted by Crippen LogP contribution is 2.24. The molecule has 0 spiro atoms. The zero-order chi connectivity index (χ0) is 21.7. The van der Waals surface area contributed by atoms with Crippen molar-refractivity contribution < 1.29 is 22.4 Å². The number of rotatable bonds is 6. The van der Waals surface area contributed by atoms with Crippen LogP contribution in [0.2, 0.25) is 5.02 Å². The summed E-state index contributed by atoms with van der Waals surface area (Å²) in [7, 11) is -3.74. The summed E-state index contributed by atoms with van der Waals surface area (Å²) in [5.74, 6) is -1.13. The van der Waals surface area contributed by atoms with Crippen molar-refractivity contribution in [2.45, 2.75) is 11.3 Å². The Bertz CT molecular complexity index is 1040. The van der Waals surface area contributed by atoms with Gasteiger partial charge >= 0.3 is 0 Å². The van der Waals surface area contributed by atoms with E-state index >= 15 is 0 Å². The molecule has 1 N–H and O–H groups in total. The second-order valence-corrected chi connectivity index (χ2v) is 9.11. The predicted molar refractivity (Wildman–Crippen MR) is 110 cm³/mol. The van der Waals surface area contributed by atoms with E-state index in [1.165, 1.54) is 39.5 Å². The first-order valence-corrected chi connectivity index (χ1v) is 11.1. The molecule has 0 aliphatic carbocycles. The lowest BCUT2D eigenvalue weighted by Crippen LogP contribution is -2.52. The number of hydrogen-bond donors (Lipinski definition) is 1. The van der Waals surface area contributed by atoms with Crippen molar-refractivity contribution in [1.29, 1.82) is 0 Å². The van der Waals surface area contributed by atoms with Gasteiger partial charge in [-0.15, -0.1) is 0 Å². The van der Waals surface area contributed by atoms with E-state index in [9.17, 15) is 22.4 Å². The molecule has 1 fully saturated rings. The summed E-state index contributed by atoms with van der Waals surface area (Å²) >= 11 is 6.01. The molecular formula is C20H21ClFN3O4S. The lowest BCUT2D eigenvalue weighted by Gasteiger charge is -2.34. The first kappa shape index (κ1) is 22.2. The first-order chi connectivity index (χ1) is 14.3. The van der Waals surface area contributed by atoms with Gasteiger partial charge in [-0.25, -0.2) is 12.8 Å². The number of piperazine rings is 1. The fourth-order valence-electron chi connectivity index (χ4n) is 3.15. The van der Waals surface area contributed by atoms with Gasteiger partial charge in [0.2, 0.25) is 21.8 Å². The van der Waals surface area contributed by atoms with Gasteiger partial charge in [-0.05, 0) is 29.8 Å². The van der Waals surface area contributed by atoms with Crippen LogP contribution in [0, 0.1) is 5.82 Å². The van der Waals surface area contributed by atoms with Gasteiger partial charge in [0.05, 0.1) is 18.0 Å². The topological polar surface area (TPSA) is 86.8 Å². The second-order valence-electron chi connectivity index (χ2n) is 6.80. The summed E-state index contributed by atoms with van der Waals surface area (Å²) in [4.78, 5) is 25.9. The number of carbonyl (C=O) groups excluding carboxylic acids is 2. The Morgan fingerprint density at radius 1 is 1.03 bits per heavy atom. The molecule has 2 amide bonds. The maximum Gasteiger partial charge on any atom is 0.244 e. The van der Waals surface area contributed by atoms with E-state index in [-0.39, 0.29) is 55.0 Å². The molecule has 1 aliphatic rings. The van der Waals surface area contributed by atoms with Crippen LogP contribution in [-0.4, -0.2) is 62.2 Å². The normalized spacial score (nSPS) is 15.1. The van der Waals surface area contributed by atoms with E-state index in [4.69, 9.17) is 11.6 Å². The minimum absolute atomic E-state index is 0.0328. The highest BCUT2D eigenvalue weighted by atomic mass is 35.5. The van der Waals surface area contributed by atoms with Crippen molar-refractivity contribution in [2.75, 3.05) is 32.7 Å². The van der Waals surface area contributed by atoms with E-state index in [1.807, 2.05) is 0 Å². The molecule has 2 aromatic carbocycles. The lowest BCUT2D eigenvalue weighted by molar-refractivity contribution is -0.133. The third kappa shape index (κ3) is 5.35. The molecular weight excluding hydrogens is 433 g/mol. The van der Waals surface area contributed by atoms with Crippen molar-refractivity contribution in [3.63, 3.8) is 0 Å². The zero-order valence-electron chi connectivity index (χ0n) is 16.1. The van der Waals surface area contributed by atoms with Crippen LogP contribution in [-0.2, 0) is 26.0 Å². The summed E-state index contributed by atoms with van der Waals surface area (Å²) in [5, 5.41) is 2.67. The van der Waals surface area contributed by atoms with Gasteiger partial charge in [-0.3, -0.25) is 9.59 Å². The van der Waals surface area contributed by atoms with E-state index < -0.39 is 21.7 Å². The Labute approximate surface area is 179 Å². The Kier molecular flexibility index (Phi) is 7.06. The molecule has 30 heavy (non-hydrogen) atoms. The third-order valence-electron chi connectivity index (χ3n) is 4.74. The molecule has 2 aromatic rings. The van der Waals surface area contributed by atoms with Crippen molar-refractivity contribution in [2.24, 2.45) is 0 Å². The Hall–Kier alpha value is -2.49. The van der Waals surface area contributed by atoms with Crippen LogP contribution < -0.4 is 5.32 Å². The quantitative estimate of drug-likeness (QED) is 0.720. The van der Waals surface area contributed by atoms with E-state index in [0.29, 0.717) is 5.56 Å². The minimum Gasteiger partial charge on any atom is -0.347 e. The number of hydrogen-bond acceptors (Lipinski definition) is 4. The first-order valence-electron chi connectivity index (χ1n) is 9.31. The molecule has 160 valence electrons. The van der Waals surface area contributed by atoms with Gasteiger partial charge < -0.3 is 10.2 Å². The number of nitrogens with one attached hydrogen (secondary N) is 1. The molecule has 3 rings (SSSR count). The number of benzene rings is 2. The lowest BCUT2D eigenvalue weighted by atomic mass is 10.1. The number of nitrogens with zero attached hydrogens (tertiary/aromatic N) is 2. The third-order valence-corrected chi connectivity index (χ3v) is 7.13. The molecule has 7 nitrogen and oxygen atoms in total. The van der Waals surface area contributed by atoms with Gasteiger partial charge in [-0.1, -0.05) is 35.9 Å². The van der Waals surface area contributed by atoms with Crippen molar-refractivity contribution in [3.8, 4) is 0 Å². The SMILES string of the molecule is O=C(Cc1cccc(F)c1)NCC(=O)N1CCN(S(=O)(=O)c2ccccc2Cl)CC1. The maximum absolute atomic E-state index is 13.2. The molecule has 1 saturated heterocycles. The highest BCUT2D eigenvalue weighted by Gasteiger charge is 2.31. The standard InChI is InChI=1S/C20H21ClFN3O4S/c21-17-6-1-2-7-18(17)30(28,29)25-10-8-24(9-11-25)20(27)14-23-19(26)13-15-4-3-5-16(22)12-15/h1-7,12H,8-11,13-14H2,(H,23,26). The summed E-state index contributed by atoms with van der Waals surface area (Å²) in [6, 6.07) is 11.9. The molecule has 0 radical (unpaired) electrons. The molecule has 0 saturated carbocycles. The summed E-state index contributed by atoms with van der Waals surface area (Å²) < 4.78 is 40.0. The summed E-state index contributed by atoms with van der Waals surface area (Å²) in [6.45, 7) is 0.489. The van der Waals surface area contributed by atoms with Crippen LogP contribution in [0.5, 0.6) is 0 Å². The smallest absolute Gasteiger partial charge is 0.244 e. The Balaban J connectivity index is 1.49. The number of amides is 2. The van der Waals surface area contributed by atoms with Crippen LogP contribution in [0.1, 0.15) is 5.56 Å². The van der Waals surface area contributed by atoms with E-state index in [1.54, 1.807) is 18.2 Å². The van der Waals surface area contributed by atoms with Crippen molar-refractivity contribution in [3.05, 3.63) is 64.9 Å². The monoisotopic (exact) mass is 453 g/mol. The van der Waals surface area contributed by atoms with Crippen molar-refractivity contribution in [1.82, 2.24) is 14.5 Å². The Morgan fingerprint density at radius 2 is 1.73 bits per heavy atom. The van der Waals surface area contributed by atoms with Gasteiger partial charge in [0.1, 0.15) is 10.7 Å². The van der Waals surface area contributed by atoms with E-state index in [2.05, 4.69) is 5.32 Å². The average Bonchev–Trinajstić information content (AvgIpc) is 2.72. The average molecular weight is 454 g/mol. The van der Waals surface area contributed by atoms with Gasteiger partial charge in [0.15, 0.2) is 0 Å². The highest BCUT2D eigenvalue weighted by molar-refractivity contribution is 7.89. The zero-order valence-corrected chi connectivity index (χ0v) is 17.6. The number of halogens is 2. The van der Waals surface area contributed by atoms with Crippen LogP contribution in [0.3, 0.4) is 0 Å². The molecule has 1 aliphatic heterocycles. The van der Waals surface area contributed by atoms with Crippen LogP contribution in [0.4, 0.5) is 4.39 Å². The van der Waals surface area contributed by atoms with Crippen LogP contribution in [0.25, 0.3) is 0 Å². The van der Waals surface area contributed by atoms with Gasteiger partial charge in [-0.2, -0.15) is 4.31 Å². The largest absolute Gasteiger partial charge is 0.347 e. The van der Waals surface area contributed by atoms with E-state index in [0.717, 1.165) is 0 Å². The van der Waals surface area contributed by atoms with Crippen LogP contribution >= 0.6 is 11.6 Å². The molecule has 0 unspecified atom stereocenters. The summed E-state index contributed by atoms with van der Waals surface area (Å²) in [6.07, 6.45) is -0.0328. The fourth-order valence-corrected chi connectivity index (χ4v) is 5.07. The fraction of sp³-hybridized carbons (Fsp3) is 0.300. The van der Waals surface area contributed by atoms with Crippen LogP contribution in [0.15, 0.2) is 53.4 Å².